The smallest absolute Gasteiger partial charge is 0.302 e. The lowest BCUT2D eigenvalue weighted by Gasteiger charge is -2.59. The highest BCUT2D eigenvalue weighted by Gasteiger charge is 2.63. The van der Waals surface area contributed by atoms with Gasteiger partial charge in [0.1, 0.15) is 24.4 Å². The van der Waals surface area contributed by atoms with Crippen LogP contribution in [0.25, 0.3) is 0 Å². The first-order chi connectivity index (χ1) is 22.2. The summed E-state index contributed by atoms with van der Waals surface area (Å²) in [7, 11) is 0. The van der Waals surface area contributed by atoms with E-state index in [9.17, 15) is 30.0 Å². The third kappa shape index (κ3) is 7.34. The van der Waals surface area contributed by atoms with Crippen molar-refractivity contribution in [3.63, 3.8) is 0 Å². The van der Waals surface area contributed by atoms with Crippen molar-refractivity contribution >= 4 is 11.9 Å². The Morgan fingerprint density at radius 3 is 2.51 bits per heavy atom. The Labute approximate surface area is 281 Å². The van der Waals surface area contributed by atoms with Crippen LogP contribution in [0.4, 0.5) is 0 Å². The summed E-state index contributed by atoms with van der Waals surface area (Å²) in [6, 6.07) is -0.971. The Kier molecular flexibility index (Phi) is 11.5. The van der Waals surface area contributed by atoms with Gasteiger partial charge in [-0.05, 0) is 97.7 Å². The van der Waals surface area contributed by atoms with Gasteiger partial charge in [-0.15, -0.1) is 0 Å². The Hall–Kier alpha value is -1.56. The van der Waals surface area contributed by atoms with E-state index < -0.39 is 37.3 Å². The summed E-state index contributed by atoms with van der Waals surface area (Å²) in [5, 5.41) is 44.9. The van der Waals surface area contributed by atoms with Crippen LogP contribution in [0.2, 0.25) is 0 Å². The molecule has 5 N–H and O–H groups in total. The number of nitrogens with one attached hydrogen (secondary N) is 1. The third-order valence-electron chi connectivity index (χ3n) is 13.3. The molecule has 0 aromatic rings. The van der Waals surface area contributed by atoms with E-state index >= 15 is 0 Å². The molecule has 4 fully saturated rings. The van der Waals surface area contributed by atoms with Gasteiger partial charge in [0.15, 0.2) is 6.29 Å². The first-order valence-corrected chi connectivity index (χ1v) is 18.3. The molecule has 1 amide bonds. The second-order valence-corrected chi connectivity index (χ2v) is 16.4. The van der Waals surface area contributed by atoms with Crippen molar-refractivity contribution in [2.75, 3.05) is 13.2 Å². The van der Waals surface area contributed by atoms with Gasteiger partial charge in [0.2, 0.25) is 5.91 Å². The van der Waals surface area contributed by atoms with Crippen molar-refractivity contribution in [2.45, 2.75) is 149 Å². The molecule has 1 heterocycles. The minimum atomic E-state index is -1.36. The Balaban J connectivity index is 1.41. The van der Waals surface area contributed by atoms with Crippen molar-refractivity contribution in [3.8, 4) is 0 Å². The highest BCUT2D eigenvalue weighted by Crippen LogP contribution is 2.68. The number of esters is 1. The van der Waals surface area contributed by atoms with Gasteiger partial charge in [-0.2, -0.15) is 0 Å². The molecule has 5 aliphatic rings. The van der Waals surface area contributed by atoms with Gasteiger partial charge in [-0.1, -0.05) is 52.2 Å². The molecule has 4 aliphatic carbocycles. The summed E-state index contributed by atoms with van der Waals surface area (Å²) in [5.41, 5.74) is 1.48. The molecule has 0 radical (unpaired) electrons. The van der Waals surface area contributed by atoms with Gasteiger partial charge in [0.05, 0.1) is 25.4 Å². The lowest BCUT2D eigenvalue weighted by atomic mass is 9.46. The average Bonchev–Trinajstić information content (AvgIpc) is 3.31. The molecular weight excluding hydrogens is 602 g/mol. The van der Waals surface area contributed by atoms with Crippen LogP contribution < -0.4 is 5.32 Å². The standard InChI is InChI=1S/C37H61NO9/c1-20(19-45-23(4)41)8-7-9-21(2)28-17-29(46-35-32(38-22(3)40)34(44)33(43)30(18-39)47-35)31-26-11-10-24-16-25(42)12-14-36(24,5)27(26)13-15-37(28,31)6/h10,20-21,25-35,39,42-44H,7-9,11-19H2,1-6H3,(H,38,40)/t20-,21-,25-,26-,27?,28-,29+,30?,31?,32?,33+,34?,35+,36+,37-/m1/s1. The third-order valence-corrected chi connectivity index (χ3v) is 13.3. The highest BCUT2D eigenvalue weighted by atomic mass is 16.7. The zero-order valence-electron chi connectivity index (χ0n) is 29.4. The number of carbonyl (C=O) groups is 2. The number of hydrogen-bond donors (Lipinski definition) is 5. The number of hydrogen-bond acceptors (Lipinski definition) is 9. The number of fused-ring (bicyclic) bond motifs is 5. The lowest BCUT2D eigenvalue weighted by Crippen LogP contribution is -2.65. The van der Waals surface area contributed by atoms with E-state index in [4.69, 9.17) is 14.2 Å². The quantitative estimate of drug-likeness (QED) is 0.164. The fourth-order valence-electron chi connectivity index (χ4n) is 10.8. The molecule has 10 nitrogen and oxygen atoms in total. The lowest BCUT2D eigenvalue weighted by molar-refractivity contribution is -0.289. The predicted octanol–water partition coefficient (Wildman–Crippen LogP) is 3.87. The van der Waals surface area contributed by atoms with Gasteiger partial charge >= 0.3 is 5.97 Å². The fourth-order valence-corrected chi connectivity index (χ4v) is 10.8. The normalized spacial score (nSPS) is 44.3. The maximum Gasteiger partial charge on any atom is 0.302 e. The summed E-state index contributed by atoms with van der Waals surface area (Å²) in [6.45, 7) is 12.1. The van der Waals surface area contributed by atoms with E-state index in [0.29, 0.717) is 36.2 Å². The van der Waals surface area contributed by atoms with Crippen LogP contribution in [-0.4, -0.2) is 88.4 Å². The van der Waals surface area contributed by atoms with Crippen LogP contribution in [0, 0.1) is 46.3 Å². The summed E-state index contributed by atoms with van der Waals surface area (Å²) in [4.78, 5) is 23.5. The zero-order chi connectivity index (χ0) is 34.3. The summed E-state index contributed by atoms with van der Waals surface area (Å²) in [5.74, 6) is 1.60. The van der Waals surface area contributed by atoms with Crippen molar-refractivity contribution < 1.29 is 44.2 Å². The highest BCUT2D eigenvalue weighted by molar-refractivity contribution is 5.73. The van der Waals surface area contributed by atoms with Gasteiger partial charge in [-0.3, -0.25) is 9.59 Å². The van der Waals surface area contributed by atoms with Gasteiger partial charge < -0.3 is 40.0 Å². The minimum absolute atomic E-state index is 0.0111. The van der Waals surface area contributed by atoms with E-state index in [1.54, 1.807) is 0 Å². The van der Waals surface area contributed by atoms with Gasteiger partial charge in [0, 0.05) is 13.8 Å². The molecule has 0 aromatic heterocycles. The van der Waals surface area contributed by atoms with Crippen LogP contribution in [0.15, 0.2) is 11.6 Å². The topological polar surface area (TPSA) is 155 Å². The number of rotatable bonds is 11. The van der Waals surface area contributed by atoms with E-state index in [2.05, 4.69) is 39.1 Å². The van der Waals surface area contributed by atoms with Crippen molar-refractivity contribution in [3.05, 3.63) is 11.6 Å². The molecule has 1 saturated heterocycles. The SMILES string of the molecule is CC(=O)NC1C(O)[C@@H](O)C(CO)O[C@@H]1O[C@H]1C[C@H]([C@H](C)CCC[C@@H](C)COC(C)=O)[C@@]2(C)CCC3[C@@H](CC=C4C[C@H](O)CC[C@@]43C)C12. The first-order valence-electron chi connectivity index (χ1n) is 18.3. The van der Waals surface area contributed by atoms with E-state index in [-0.39, 0.29) is 40.8 Å². The molecule has 268 valence electrons. The molecule has 3 saturated carbocycles. The van der Waals surface area contributed by atoms with Crippen LogP contribution >= 0.6 is 0 Å². The Morgan fingerprint density at radius 1 is 1.09 bits per heavy atom. The van der Waals surface area contributed by atoms with Gasteiger partial charge in [0.25, 0.3) is 0 Å². The average molecular weight is 664 g/mol. The number of allylic oxidation sites excluding steroid dienone is 1. The molecule has 10 heteroatoms. The molecule has 5 unspecified atom stereocenters. The molecule has 15 atom stereocenters. The predicted molar refractivity (Wildman–Crippen MR) is 176 cm³/mol. The number of amides is 1. The second-order valence-electron chi connectivity index (χ2n) is 16.4. The first kappa shape index (κ1) is 36.7. The zero-order valence-corrected chi connectivity index (χ0v) is 29.4. The van der Waals surface area contributed by atoms with Crippen molar-refractivity contribution in [1.82, 2.24) is 5.32 Å². The molecule has 47 heavy (non-hydrogen) atoms. The number of aliphatic hydroxyl groups excluding tert-OH is 4. The van der Waals surface area contributed by atoms with Gasteiger partial charge in [-0.25, -0.2) is 0 Å². The maximum absolute atomic E-state index is 12.2. The Morgan fingerprint density at radius 2 is 1.83 bits per heavy atom. The minimum Gasteiger partial charge on any atom is -0.466 e. The molecule has 5 rings (SSSR count). The number of carbonyl (C=O) groups excluding carboxylic acids is 2. The van der Waals surface area contributed by atoms with Crippen LogP contribution in [0.1, 0.15) is 106 Å². The second kappa shape index (κ2) is 14.7. The van der Waals surface area contributed by atoms with Crippen molar-refractivity contribution in [2.24, 2.45) is 46.3 Å². The molecule has 0 aromatic carbocycles. The number of aliphatic hydroxyl groups is 4. The van der Waals surface area contributed by atoms with Crippen molar-refractivity contribution in [1.29, 1.82) is 0 Å². The largest absolute Gasteiger partial charge is 0.466 e. The maximum atomic E-state index is 12.2. The van der Waals surface area contributed by atoms with E-state index in [1.165, 1.54) is 19.4 Å². The monoisotopic (exact) mass is 663 g/mol. The number of ether oxygens (including phenoxy) is 3. The molecule has 1 aliphatic heterocycles. The van der Waals surface area contributed by atoms with Crippen LogP contribution in [-0.2, 0) is 23.8 Å². The molecular formula is C37H61NO9. The summed E-state index contributed by atoms with van der Waals surface area (Å²) < 4.78 is 18.3. The Bertz CT molecular complexity index is 1150. The molecule has 0 spiro atoms. The van der Waals surface area contributed by atoms with Crippen LogP contribution in [0.3, 0.4) is 0 Å². The van der Waals surface area contributed by atoms with E-state index in [1.807, 2.05) is 0 Å². The van der Waals surface area contributed by atoms with Crippen LogP contribution in [0.5, 0.6) is 0 Å². The molecule has 0 bridgehead atoms. The summed E-state index contributed by atoms with van der Waals surface area (Å²) >= 11 is 0. The van der Waals surface area contributed by atoms with E-state index in [0.717, 1.165) is 64.2 Å². The summed E-state index contributed by atoms with van der Waals surface area (Å²) in [6.07, 6.45) is 6.86. The fraction of sp³-hybridized carbons (Fsp3) is 0.892.